The van der Waals surface area contributed by atoms with Crippen LogP contribution in [0.1, 0.15) is 251 Å². The minimum atomic E-state index is -4.38. The Morgan fingerprint density at radius 3 is 1.27 bits per heavy atom. The topological polar surface area (TPSA) is 134 Å². The quantitative estimate of drug-likeness (QED) is 0.0265. The molecule has 0 fully saturated rings. The number of phosphoric ester groups is 1. The number of nitrogens with two attached hydrogens (primary N) is 1. The van der Waals surface area contributed by atoms with Crippen LogP contribution >= 0.6 is 7.82 Å². The van der Waals surface area contributed by atoms with Gasteiger partial charge in [0.25, 0.3) is 0 Å². The molecule has 0 bridgehead atoms. The Bertz CT molecular complexity index is 1040. The summed E-state index contributed by atoms with van der Waals surface area (Å²) in [4.78, 5) is 35.0. The number of ether oxygens (including phenoxy) is 2. The molecule has 9 nitrogen and oxygen atoms in total. The number of hydrogen-bond acceptors (Lipinski definition) is 8. The highest BCUT2D eigenvalue weighted by molar-refractivity contribution is 7.47. The van der Waals surface area contributed by atoms with Crippen molar-refractivity contribution >= 4 is 19.8 Å². The molecule has 0 aromatic heterocycles. The van der Waals surface area contributed by atoms with Gasteiger partial charge in [0.15, 0.2) is 6.10 Å². The molecule has 2 atom stereocenters. The summed E-state index contributed by atoms with van der Waals surface area (Å²) in [5.74, 6) is -0.817. The van der Waals surface area contributed by atoms with Crippen molar-refractivity contribution in [3.8, 4) is 0 Å². The summed E-state index contributed by atoms with van der Waals surface area (Å²) in [5.41, 5.74) is 5.36. The Hall–Kier alpha value is -1.51. The smallest absolute Gasteiger partial charge is 0.462 e. The van der Waals surface area contributed by atoms with Crippen molar-refractivity contribution in [2.24, 2.45) is 5.73 Å². The van der Waals surface area contributed by atoms with Crippen LogP contribution < -0.4 is 5.73 Å². The number of rotatable bonds is 48. The number of carbonyl (C=O) groups excluding carboxylic acids is 2. The number of carbonyl (C=O) groups is 2. The molecule has 0 spiro atoms. The summed E-state index contributed by atoms with van der Waals surface area (Å²) >= 11 is 0. The van der Waals surface area contributed by atoms with E-state index in [1.54, 1.807) is 0 Å². The monoisotopic (exact) mass is 870 g/mol. The Balaban J connectivity index is 4.02. The van der Waals surface area contributed by atoms with E-state index in [2.05, 4.69) is 38.2 Å². The van der Waals surface area contributed by atoms with E-state index in [0.29, 0.717) is 6.42 Å². The van der Waals surface area contributed by atoms with E-state index >= 15 is 0 Å². The second-order valence-electron chi connectivity index (χ2n) is 17.0. The Kier molecular flexibility index (Phi) is 45.8. The predicted octanol–water partition coefficient (Wildman–Crippen LogP) is 15.1. The molecule has 0 aliphatic rings. The number of allylic oxidation sites excluding steroid dienone is 4. The van der Waals surface area contributed by atoms with Gasteiger partial charge in [0, 0.05) is 19.4 Å². The maximum absolute atomic E-state index is 12.6. The zero-order chi connectivity index (χ0) is 43.9. The zero-order valence-corrected chi connectivity index (χ0v) is 40.1. The van der Waals surface area contributed by atoms with Gasteiger partial charge >= 0.3 is 19.8 Å². The maximum atomic E-state index is 12.6. The van der Waals surface area contributed by atoms with Crippen LogP contribution in [-0.2, 0) is 32.7 Å². The van der Waals surface area contributed by atoms with Crippen molar-refractivity contribution in [1.82, 2.24) is 0 Å². The fourth-order valence-electron chi connectivity index (χ4n) is 7.31. The van der Waals surface area contributed by atoms with E-state index in [1.807, 2.05) is 0 Å². The molecule has 2 unspecified atom stereocenters. The molecule has 354 valence electrons. The summed E-state index contributed by atoms with van der Waals surface area (Å²) in [6, 6.07) is 0. The van der Waals surface area contributed by atoms with Crippen LogP contribution in [0.3, 0.4) is 0 Å². The summed E-state index contributed by atoms with van der Waals surface area (Å²) < 4.78 is 32.9. The van der Waals surface area contributed by atoms with Gasteiger partial charge < -0.3 is 20.1 Å². The molecule has 10 heteroatoms. The summed E-state index contributed by atoms with van der Waals surface area (Å²) in [6.07, 6.45) is 52.1. The van der Waals surface area contributed by atoms with Crippen LogP contribution in [-0.4, -0.2) is 49.3 Å². The molecule has 60 heavy (non-hydrogen) atoms. The Morgan fingerprint density at radius 1 is 0.500 bits per heavy atom. The lowest BCUT2D eigenvalue weighted by molar-refractivity contribution is -0.161. The lowest BCUT2D eigenvalue weighted by Gasteiger charge is -2.19. The number of unbranched alkanes of at least 4 members (excludes halogenated alkanes) is 31. The van der Waals surface area contributed by atoms with Crippen LogP contribution in [0.25, 0.3) is 0 Å². The number of hydrogen-bond donors (Lipinski definition) is 2. The first-order valence-corrected chi connectivity index (χ1v) is 26.8. The first-order valence-electron chi connectivity index (χ1n) is 25.3. The van der Waals surface area contributed by atoms with Crippen LogP contribution in [0.4, 0.5) is 0 Å². The lowest BCUT2D eigenvalue weighted by Crippen LogP contribution is -2.29. The van der Waals surface area contributed by atoms with Crippen molar-refractivity contribution < 1.29 is 37.6 Å². The SMILES string of the molecule is CCCCCCC/C=C\C/C=C\CCCCCCCCCCCCCC(=O)OC(COC(=O)CCCCCCCCCCCCCCCCCC)COP(=O)(O)OCCN. The maximum Gasteiger partial charge on any atom is 0.472 e. The largest absolute Gasteiger partial charge is 0.472 e. The van der Waals surface area contributed by atoms with Crippen LogP contribution in [0.15, 0.2) is 24.3 Å². The molecule has 0 saturated carbocycles. The fraction of sp³-hybridized carbons (Fsp3) is 0.880. The highest BCUT2D eigenvalue weighted by atomic mass is 31.2. The van der Waals surface area contributed by atoms with Gasteiger partial charge in [-0.05, 0) is 44.9 Å². The molecular weight excluding hydrogens is 774 g/mol. The van der Waals surface area contributed by atoms with E-state index < -0.39 is 26.5 Å². The second kappa shape index (κ2) is 47.0. The third kappa shape index (κ3) is 46.0. The van der Waals surface area contributed by atoms with Gasteiger partial charge in [-0.15, -0.1) is 0 Å². The Labute approximate surface area is 370 Å². The van der Waals surface area contributed by atoms with E-state index in [9.17, 15) is 19.0 Å². The van der Waals surface area contributed by atoms with Gasteiger partial charge in [0.1, 0.15) is 6.61 Å². The molecule has 0 aliphatic heterocycles. The van der Waals surface area contributed by atoms with E-state index in [0.717, 1.165) is 44.9 Å². The third-order valence-corrected chi connectivity index (χ3v) is 12.1. The van der Waals surface area contributed by atoms with Crippen molar-refractivity contribution in [1.29, 1.82) is 0 Å². The van der Waals surface area contributed by atoms with Gasteiger partial charge in [-0.2, -0.15) is 0 Å². The highest BCUT2D eigenvalue weighted by Gasteiger charge is 2.26. The first kappa shape index (κ1) is 58.5. The minimum Gasteiger partial charge on any atom is -0.462 e. The third-order valence-electron chi connectivity index (χ3n) is 11.1. The van der Waals surface area contributed by atoms with Crippen molar-refractivity contribution in [3.05, 3.63) is 24.3 Å². The highest BCUT2D eigenvalue weighted by Crippen LogP contribution is 2.43. The second-order valence-corrected chi connectivity index (χ2v) is 18.5. The molecule has 0 aromatic carbocycles. The van der Waals surface area contributed by atoms with Crippen molar-refractivity contribution in [2.45, 2.75) is 258 Å². The van der Waals surface area contributed by atoms with Crippen LogP contribution in [0.2, 0.25) is 0 Å². The molecule has 0 rings (SSSR count). The van der Waals surface area contributed by atoms with Crippen molar-refractivity contribution in [2.75, 3.05) is 26.4 Å². The van der Waals surface area contributed by atoms with E-state index in [-0.39, 0.29) is 38.6 Å². The minimum absolute atomic E-state index is 0.0552. The molecule has 0 aromatic rings. The van der Waals surface area contributed by atoms with Gasteiger partial charge in [-0.25, -0.2) is 4.57 Å². The van der Waals surface area contributed by atoms with E-state index in [1.165, 1.54) is 173 Å². The standard InChI is InChI=1S/C50H96NO8P/c1-3-5-7-9-11-13-15-17-19-21-22-23-24-25-26-27-29-31-33-35-37-39-41-43-50(53)59-48(47-58-60(54,55)57-45-44-51)46-56-49(52)42-40-38-36-34-32-30-28-20-18-16-14-12-10-8-6-4-2/h15,17,21-22,48H,3-14,16,18-20,23-47,51H2,1-2H3,(H,54,55)/b17-15-,22-21-. The first-order chi connectivity index (χ1) is 29.3. The Morgan fingerprint density at radius 2 is 0.867 bits per heavy atom. The summed E-state index contributed by atoms with van der Waals surface area (Å²) in [6.45, 7) is 3.77. The average Bonchev–Trinajstić information content (AvgIpc) is 3.24. The number of esters is 2. The summed E-state index contributed by atoms with van der Waals surface area (Å²) in [5, 5.41) is 0. The van der Waals surface area contributed by atoms with Gasteiger partial charge in [0.05, 0.1) is 13.2 Å². The fourth-order valence-corrected chi connectivity index (χ4v) is 8.08. The van der Waals surface area contributed by atoms with Crippen LogP contribution in [0.5, 0.6) is 0 Å². The molecule has 0 amide bonds. The number of phosphoric acid groups is 1. The summed E-state index contributed by atoms with van der Waals surface area (Å²) in [7, 11) is -4.38. The van der Waals surface area contributed by atoms with Gasteiger partial charge in [0.2, 0.25) is 0 Å². The average molecular weight is 870 g/mol. The molecule has 0 aliphatic carbocycles. The molecular formula is C50H96NO8P. The molecule has 0 radical (unpaired) electrons. The lowest BCUT2D eigenvalue weighted by atomic mass is 10.0. The molecule has 0 saturated heterocycles. The molecule has 0 heterocycles. The van der Waals surface area contributed by atoms with Crippen LogP contribution in [0, 0.1) is 0 Å². The zero-order valence-electron chi connectivity index (χ0n) is 39.2. The molecule has 3 N–H and O–H groups in total. The van der Waals surface area contributed by atoms with Crippen molar-refractivity contribution in [3.63, 3.8) is 0 Å². The van der Waals surface area contributed by atoms with E-state index in [4.69, 9.17) is 24.3 Å². The normalized spacial score (nSPS) is 13.3. The predicted molar refractivity (Wildman–Crippen MR) is 252 cm³/mol. The van der Waals surface area contributed by atoms with Gasteiger partial charge in [-0.3, -0.25) is 18.6 Å². The van der Waals surface area contributed by atoms with Gasteiger partial charge in [-0.1, -0.05) is 218 Å².